The van der Waals surface area contributed by atoms with Gasteiger partial charge < -0.3 is 9.25 Å². The van der Waals surface area contributed by atoms with Crippen molar-refractivity contribution >= 4 is 11.0 Å². The van der Waals surface area contributed by atoms with Crippen molar-refractivity contribution in [3.8, 4) is 0 Å². The van der Waals surface area contributed by atoms with E-state index in [-0.39, 0.29) is 6.04 Å². The fraction of sp³-hybridized carbons (Fsp3) is 0.429. The summed E-state index contributed by atoms with van der Waals surface area (Å²) in [6.07, 6.45) is 0.963. The van der Waals surface area contributed by atoms with Crippen molar-refractivity contribution < 1.29 is 9.25 Å². The number of aryl methyl sites for hydroxylation is 1. The highest BCUT2D eigenvalue weighted by atomic mass is 16.6. The summed E-state index contributed by atoms with van der Waals surface area (Å²) in [7, 11) is 0. The summed E-state index contributed by atoms with van der Waals surface area (Å²) >= 11 is 0. The lowest BCUT2D eigenvalue weighted by Gasteiger charge is -2.11. The molecule has 2 rings (SSSR count). The summed E-state index contributed by atoms with van der Waals surface area (Å²) in [4.78, 5) is 5.24. The van der Waals surface area contributed by atoms with E-state index in [4.69, 9.17) is 9.25 Å². The van der Waals surface area contributed by atoms with Crippen LogP contribution in [0.25, 0.3) is 11.0 Å². The molecule has 1 N–H and O–H groups in total. The molecule has 0 fully saturated rings. The lowest BCUT2D eigenvalue weighted by molar-refractivity contribution is 0.0236. The zero-order valence-electron chi connectivity index (χ0n) is 10.6. The van der Waals surface area contributed by atoms with Crippen LogP contribution < -0.4 is 5.48 Å². The van der Waals surface area contributed by atoms with Gasteiger partial charge in [0.05, 0.1) is 12.6 Å². The van der Waals surface area contributed by atoms with Gasteiger partial charge in [-0.15, -0.1) is 0 Å². The third-order valence-electron chi connectivity index (χ3n) is 2.88. The summed E-state index contributed by atoms with van der Waals surface area (Å²) in [5.74, 6) is 0.974. The highest BCUT2D eigenvalue weighted by molar-refractivity contribution is 5.82. The Balaban J connectivity index is 2.38. The number of para-hydroxylation sites is 1. The minimum absolute atomic E-state index is 0.0669. The Morgan fingerprint density at radius 2 is 2.06 bits per heavy atom. The van der Waals surface area contributed by atoms with Gasteiger partial charge in [0.15, 0.2) is 0 Å². The number of rotatable bonds is 5. The average molecular weight is 233 g/mol. The average Bonchev–Trinajstić information content (AvgIpc) is 2.74. The van der Waals surface area contributed by atoms with Gasteiger partial charge in [-0.1, -0.05) is 25.1 Å². The Morgan fingerprint density at radius 3 is 2.76 bits per heavy atom. The minimum Gasteiger partial charge on any atom is -0.459 e. The van der Waals surface area contributed by atoms with E-state index in [0.29, 0.717) is 6.61 Å². The summed E-state index contributed by atoms with van der Waals surface area (Å²) in [6.45, 7) is 6.80. The van der Waals surface area contributed by atoms with E-state index in [1.807, 2.05) is 32.0 Å². The molecule has 0 aliphatic carbocycles. The maximum absolute atomic E-state index is 5.91. The Morgan fingerprint density at radius 1 is 1.29 bits per heavy atom. The fourth-order valence-electron chi connectivity index (χ4n) is 2.09. The quantitative estimate of drug-likeness (QED) is 0.801. The Labute approximate surface area is 102 Å². The molecule has 3 heteroatoms. The number of nitrogens with one attached hydrogen (secondary N) is 1. The third kappa shape index (κ3) is 2.35. The maximum Gasteiger partial charge on any atom is 0.134 e. The second-order valence-electron chi connectivity index (χ2n) is 4.07. The molecule has 0 aliphatic heterocycles. The number of hydrogen-bond donors (Lipinski definition) is 1. The van der Waals surface area contributed by atoms with Crippen LogP contribution in [0.4, 0.5) is 0 Å². The molecule has 0 spiro atoms. The van der Waals surface area contributed by atoms with Crippen LogP contribution in [-0.4, -0.2) is 6.61 Å². The van der Waals surface area contributed by atoms with E-state index < -0.39 is 0 Å². The van der Waals surface area contributed by atoms with Crippen LogP contribution in [0.2, 0.25) is 0 Å². The van der Waals surface area contributed by atoms with Gasteiger partial charge in [-0.3, -0.25) is 0 Å². The zero-order chi connectivity index (χ0) is 12.3. The number of fused-ring (bicyclic) bond motifs is 1. The molecular weight excluding hydrogens is 214 g/mol. The van der Waals surface area contributed by atoms with E-state index in [2.05, 4.69) is 18.5 Å². The standard InChI is InChI=1S/C14H19NO2/c1-4-11-12-8-6-7-9-13(12)17-14(11)10(3)15-16-5-2/h6-10,15H,4-5H2,1-3H3. The molecule has 1 atom stereocenters. The first-order valence-electron chi connectivity index (χ1n) is 6.15. The molecule has 3 nitrogen and oxygen atoms in total. The highest BCUT2D eigenvalue weighted by Gasteiger charge is 2.17. The molecule has 0 radical (unpaired) electrons. The molecule has 0 bridgehead atoms. The van der Waals surface area contributed by atoms with Gasteiger partial charge >= 0.3 is 0 Å². The molecule has 1 aromatic carbocycles. The van der Waals surface area contributed by atoms with Crippen molar-refractivity contribution in [2.24, 2.45) is 0 Å². The zero-order valence-corrected chi connectivity index (χ0v) is 10.6. The molecule has 1 heterocycles. The van der Waals surface area contributed by atoms with Crippen molar-refractivity contribution in [3.05, 3.63) is 35.6 Å². The monoisotopic (exact) mass is 233 g/mol. The predicted molar refractivity (Wildman–Crippen MR) is 68.8 cm³/mol. The molecule has 0 amide bonds. The van der Waals surface area contributed by atoms with Gasteiger partial charge in [0.2, 0.25) is 0 Å². The Bertz CT molecular complexity index is 490. The molecule has 0 aliphatic rings. The fourth-order valence-corrected chi connectivity index (χ4v) is 2.09. The van der Waals surface area contributed by atoms with Crippen LogP contribution in [0.1, 0.15) is 38.1 Å². The largest absolute Gasteiger partial charge is 0.459 e. The molecule has 1 aromatic heterocycles. The van der Waals surface area contributed by atoms with Gasteiger partial charge in [-0.2, -0.15) is 5.48 Å². The van der Waals surface area contributed by atoms with Crippen LogP contribution in [0.15, 0.2) is 28.7 Å². The van der Waals surface area contributed by atoms with Crippen molar-refractivity contribution in [1.82, 2.24) is 5.48 Å². The molecule has 0 saturated carbocycles. The molecule has 92 valence electrons. The van der Waals surface area contributed by atoms with Crippen LogP contribution in [0.3, 0.4) is 0 Å². The van der Waals surface area contributed by atoms with Crippen molar-refractivity contribution in [3.63, 3.8) is 0 Å². The van der Waals surface area contributed by atoms with Gasteiger partial charge in [-0.05, 0) is 26.3 Å². The predicted octanol–water partition coefficient (Wildman–Crippen LogP) is 3.60. The lowest BCUT2D eigenvalue weighted by atomic mass is 10.1. The van der Waals surface area contributed by atoms with E-state index in [1.54, 1.807) is 0 Å². The number of hydroxylamine groups is 1. The van der Waals surface area contributed by atoms with E-state index in [0.717, 1.165) is 17.8 Å². The number of hydrogen-bond acceptors (Lipinski definition) is 3. The summed E-state index contributed by atoms with van der Waals surface area (Å²) in [5.41, 5.74) is 5.20. The number of benzene rings is 1. The van der Waals surface area contributed by atoms with Crippen molar-refractivity contribution in [1.29, 1.82) is 0 Å². The molecular formula is C14H19NO2. The SMILES string of the molecule is CCONC(C)c1oc2ccccc2c1CC. The Hall–Kier alpha value is -1.32. The van der Waals surface area contributed by atoms with Gasteiger partial charge in [0, 0.05) is 10.9 Å². The minimum atomic E-state index is 0.0669. The second kappa shape index (κ2) is 5.34. The van der Waals surface area contributed by atoms with Crippen molar-refractivity contribution in [2.75, 3.05) is 6.61 Å². The topological polar surface area (TPSA) is 34.4 Å². The summed E-state index contributed by atoms with van der Waals surface area (Å²) in [5, 5.41) is 1.20. The van der Waals surface area contributed by atoms with Crippen LogP contribution in [0.5, 0.6) is 0 Å². The highest BCUT2D eigenvalue weighted by Crippen LogP contribution is 2.30. The van der Waals surface area contributed by atoms with Gasteiger partial charge in [0.25, 0.3) is 0 Å². The smallest absolute Gasteiger partial charge is 0.134 e. The van der Waals surface area contributed by atoms with Gasteiger partial charge in [-0.25, -0.2) is 0 Å². The molecule has 2 aromatic rings. The second-order valence-corrected chi connectivity index (χ2v) is 4.07. The van der Waals surface area contributed by atoms with Crippen molar-refractivity contribution in [2.45, 2.75) is 33.2 Å². The van der Waals surface area contributed by atoms with E-state index >= 15 is 0 Å². The van der Waals surface area contributed by atoms with Crippen LogP contribution >= 0.6 is 0 Å². The normalized spacial score (nSPS) is 13.1. The van der Waals surface area contributed by atoms with E-state index in [9.17, 15) is 0 Å². The van der Waals surface area contributed by atoms with E-state index in [1.165, 1.54) is 10.9 Å². The van der Waals surface area contributed by atoms with Crippen LogP contribution in [-0.2, 0) is 11.3 Å². The summed E-state index contributed by atoms with van der Waals surface area (Å²) < 4.78 is 5.91. The summed E-state index contributed by atoms with van der Waals surface area (Å²) in [6, 6.07) is 8.22. The first-order valence-corrected chi connectivity index (χ1v) is 6.15. The molecule has 0 saturated heterocycles. The van der Waals surface area contributed by atoms with Gasteiger partial charge in [0.1, 0.15) is 11.3 Å². The maximum atomic E-state index is 5.91. The molecule has 17 heavy (non-hydrogen) atoms. The molecule has 1 unspecified atom stereocenters. The number of furan rings is 1. The Kier molecular flexibility index (Phi) is 3.82. The van der Waals surface area contributed by atoms with Crippen LogP contribution in [0, 0.1) is 0 Å². The first-order chi connectivity index (χ1) is 8.27. The third-order valence-corrected chi connectivity index (χ3v) is 2.88. The first kappa shape index (κ1) is 12.1. The lowest BCUT2D eigenvalue weighted by Crippen LogP contribution is -2.19.